The van der Waals surface area contributed by atoms with E-state index in [1.54, 1.807) is 5.51 Å². The van der Waals surface area contributed by atoms with E-state index in [1.165, 1.54) is 11.3 Å². The Morgan fingerprint density at radius 1 is 1.39 bits per heavy atom. The van der Waals surface area contributed by atoms with Crippen LogP contribution in [0.25, 0.3) is 11.3 Å². The monoisotopic (exact) mass is 391 g/mol. The topological polar surface area (TPSA) is 70.2 Å². The van der Waals surface area contributed by atoms with E-state index in [9.17, 15) is 4.79 Å². The number of amides is 2. The minimum Gasteiger partial charge on any atom is -0.335 e. The van der Waals surface area contributed by atoms with Crippen LogP contribution in [0.4, 0.5) is 10.5 Å². The molecule has 2 heterocycles. The van der Waals surface area contributed by atoms with Crippen molar-refractivity contribution in [3.05, 3.63) is 77.1 Å². The maximum atomic E-state index is 12.0. The molecule has 2 aliphatic rings. The average Bonchev–Trinajstić information content (AvgIpc) is 3.32. The Labute approximate surface area is 168 Å². The van der Waals surface area contributed by atoms with E-state index in [2.05, 4.69) is 27.4 Å². The summed E-state index contributed by atoms with van der Waals surface area (Å²) in [6.07, 6.45) is 10.1. The number of nitrogens with one attached hydrogen (secondary N) is 2. The van der Waals surface area contributed by atoms with Crippen molar-refractivity contribution in [1.82, 2.24) is 20.4 Å². The van der Waals surface area contributed by atoms with E-state index in [1.807, 2.05) is 60.5 Å². The summed E-state index contributed by atoms with van der Waals surface area (Å²) in [5, 5.41) is 14.7. The number of aromatic nitrogens is 2. The van der Waals surface area contributed by atoms with Crippen LogP contribution in [0.1, 0.15) is 30.3 Å². The molecule has 1 aliphatic heterocycles. The molecule has 0 spiro atoms. The van der Waals surface area contributed by atoms with Gasteiger partial charge in [0.15, 0.2) is 0 Å². The Hall–Kier alpha value is -3.19. The molecule has 1 aliphatic carbocycles. The Morgan fingerprint density at radius 2 is 2.25 bits per heavy atom. The van der Waals surface area contributed by atoms with E-state index < -0.39 is 0 Å². The van der Waals surface area contributed by atoms with Gasteiger partial charge in [-0.2, -0.15) is 0 Å². The fourth-order valence-corrected chi connectivity index (χ4v) is 3.55. The molecule has 7 heteroatoms. The van der Waals surface area contributed by atoms with Crippen LogP contribution < -0.4 is 10.6 Å². The predicted octanol–water partition coefficient (Wildman–Crippen LogP) is 4.61. The highest BCUT2D eigenvalue weighted by atomic mass is 32.1. The zero-order valence-electron chi connectivity index (χ0n) is 15.6. The summed E-state index contributed by atoms with van der Waals surface area (Å²) in [6, 6.07) is 7.97. The molecule has 0 unspecified atom stereocenters. The molecule has 6 nitrogen and oxygen atoms in total. The van der Waals surface area contributed by atoms with Crippen molar-refractivity contribution >= 4 is 34.3 Å². The van der Waals surface area contributed by atoms with Crippen LogP contribution in [0, 0.1) is 0 Å². The third kappa shape index (κ3) is 4.04. The fraction of sp³-hybridized carbons (Fsp3) is 0.190. The molecule has 0 atom stereocenters. The lowest BCUT2D eigenvalue weighted by Gasteiger charge is -2.27. The molecule has 1 aromatic heterocycles. The Bertz CT molecular complexity index is 986. The van der Waals surface area contributed by atoms with Gasteiger partial charge in [0.2, 0.25) is 0 Å². The van der Waals surface area contributed by atoms with Crippen molar-refractivity contribution in [3.63, 3.8) is 0 Å². The lowest BCUT2D eigenvalue weighted by Crippen LogP contribution is -2.30. The predicted molar refractivity (Wildman–Crippen MR) is 113 cm³/mol. The fourth-order valence-electron chi connectivity index (χ4n) is 3.00. The molecule has 142 valence electrons. The van der Waals surface area contributed by atoms with Gasteiger partial charge in [0.1, 0.15) is 10.5 Å². The molecule has 28 heavy (non-hydrogen) atoms. The summed E-state index contributed by atoms with van der Waals surface area (Å²) in [5.41, 5.74) is 6.28. The highest BCUT2D eigenvalue weighted by molar-refractivity contribution is 7.10. The highest BCUT2D eigenvalue weighted by Crippen LogP contribution is 2.32. The van der Waals surface area contributed by atoms with Gasteiger partial charge in [-0.1, -0.05) is 36.1 Å². The summed E-state index contributed by atoms with van der Waals surface area (Å²) in [7, 11) is 0. The largest absolute Gasteiger partial charge is 0.335 e. The Morgan fingerprint density at radius 3 is 2.93 bits per heavy atom. The molecule has 4 rings (SSSR count). The molecule has 1 fully saturated rings. The van der Waals surface area contributed by atoms with Gasteiger partial charge in [-0.25, -0.2) is 4.79 Å². The van der Waals surface area contributed by atoms with Crippen LogP contribution in [0.15, 0.2) is 66.5 Å². The first kappa shape index (κ1) is 18.2. The molecule has 0 radical (unpaired) electrons. The third-order valence-electron chi connectivity index (χ3n) is 4.50. The van der Waals surface area contributed by atoms with Crippen LogP contribution in [0.3, 0.4) is 0 Å². The number of allylic oxidation sites excluding steroid dienone is 4. The van der Waals surface area contributed by atoms with E-state index in [4.69, 9.17) is 0 Å². The van der Waals surface area contributed by atoms with Crippen LogP contribution in [-0.4, -0.2) is 27.2 Å². The molecular formula is C21H21N5OS. The first-order valence-electron chi connectivity index (χ1n) is 9.13. The molecule has 2 amide bonds. The van der Waals surface area contributed by atoms with Crippen LogP contribution >= 0.6 is 11.3 Å². The number of rotatable bonds is 5. The van der Waals surface area contributed by atoms with Crippen molar-refractivity contribution < 1.29 is 4.79 Å². The van der Waals surface area contributed by atoms with Gasteiger partial charge in [-0.3, -0.25) is 0 Å². The quantitative estimate of drug-likeness (QED) is 0.781. The maximum Gasteiger partial charge on any atom is 0.319 e. The van der Waals surface area contributed by atoms with E-state index in [-0.39, 0.29) is 6.03 Å². The van der Waals surface area contributed by atoms with Crippen LogP contribution in [0.5, 0.6) is 0 Å². The second-order valence-electron chi connectivity index (χ2n) is 6.65. The van der Waals surface area contributed by atoms with Crippen molar-refractivity contribution in [2.45, 2.75) is 25.8 Å². The van der Waals surface area contributed by atoms with Crippen LogP contribution in [0.2, 0.25) is 0 Å². The van der Waals surface area contributed by atoms with E-state index >= 15 is 0 Å². The number of urea groups is 1. The number of hydrogen-bond donors (Lipinski definition) is 2. The minimum absolute atomic E-state index is 0.159. The molecule has 2 aromatic rings. The molecule has 1 saturated carbocycles. The van der Waals surface area contributed by atoms with Gasteiger partial charge in [0.25, 0.3) is 0 Å². The van der Waals surface area contributed by atoms with Crippen LogP contribution in [-0.2, 0) is 0 Å². The number of benzene rings is 1. The van der Waals surface area contributed by atoms with Gasteiger partial charge < -0.3 is 15.5 Å². The minimum atomic E-state index is -0.159. The molecule has 0 bridgehead atoms. The molecule has 0 saturated heterocycles. The third-order valence-corrected chi connectivity index (χ3v) is 5.24. The first-order chi connectivity index (χ1) is 13.6. The number of nitrogens with zero attached hydrogens (tertiary/aromatic N) is 3. The van der Waals surface area contributed by atoms with Crippen molar-refractivity contribution in [2.24, 2.45) is 0 Å². The molecule has 1 aromatic carbocycles. The van der Waals surface area contributed by atoms with Gasteiger partial charge in [-0.05, 0) is 44.1 Å². The highest BCUT2D eigenvalue weighted by Gasteiger charge is 2.23. The summed E-state index contributed by atoms with van der Waals surface area (Å²) < 4.78 is 0. The Kier molecular flexibility index (Phi) is 5.08. The van der Waals surface area contributed by atoms with Gasteiger partial charge in [0.05, 0.1) is 0 Å². The number of carbonyl (C=O) groups is 1. The SMILES string of the molecule is C=C1C=C(c2nncs2)C=CN1/C(=C\C)c1cccc(NC(=O)NC2CC2)c1. The lowest BCUT2D eigenvalue weighted by molar-refractivity contribution is 0.251. The van der Waals surface area contributed by atoms with Crippen molar-refractivity contribution in [1.29, 1.82) is 0 Å². The lowest BCUT2D eigenvalue weighted by atomic mass is 10.1. The summed E-state index contributed by atoms with van der Waals surface area (Å²) in [6.45, 7) is 6.18. The van der Waals surface area contributed by atoms with E-state index in [0.29, 0.717) is 6.04 Å². The standard InChI is InChI=1S/C21H21N5OS/c1-3-19(26-10-9-16(11-14(26)2)20-25-22-13-28-20)15-5-4-6-18(12-15)24-21(27)23-17-7-8-17/h3-6,9-13,17H,2,7-8H2,1H3,(H2,23,24,27)/b19-3-. The van der Waals surface area contributed by atoms with E-state index in [0.717, 1.165) is 46.1 Å². The summed E-state index contributed by atoms with van der Waals surface area (Å²) in [5.74, 6) is 0. The number of anilines is 1. The Balaban J connectivity index is 1.51. The molecular weight excluding hydrogens is 370 g/mol. The van der Waals surface area contributed by atoms with Gasteiger partial charge >= 0.3 is 6.03 Å². The van der Waals surface area contributed by atoms with Gasteiger partial charge in [-0.15, -0.1) is 10.2 Å². The average molecular weight is 392 g/mol. The van der Waals surface area contributed by atoms with Crippen molar-refractivity contribution in [3.8, 4) is 0 Å². The number of hydrogen-bond acceptors (Lipinski definition) is 5. The molecule has 2 N–H and O–H groups in total. The second kappa shape index (κ2) is 7.82. The summed E-state index contributed by atoms with van der Waals surface area (Å²) in [4.78, 5) is 14.0. The first-order valence-corrected chi connectivity index (χ1v) is 10.0. The zero-order valence-corrected chi connectivity index (χ0v) is 16.4. The second-order valence-corrected chi connectivity index (χ2v) is 7.48. The van der Waals surface area contributed by atoms with Gasteiger partial charge in [0, 0.05) is 40.5 Å². The maximum absolute atomic E-state index is 12.0. The summed E-state index contributed by atoms with van der Waals surface area (Å²) >= 11 is 1.50. The normalized spacial score (nSPS) is 16.8. The smallest absolute Gasteiger partial charge is 0.319 e. The number of carbonyl (C=O) groups excluding carboxylic acids is 1. The van der Waals surface area contributed by atoms with Crippen molar-refractivity contribution in [2.75, 3.05) is 5.32 Å². The zero-order chi connectivity index (χ0) is 19.5.